The van der Waals surface area contributed by atoms with E-state index in [1.165, 1.54) is 4.90 Å². The second kappa shape index (κ2) is 10.8. The van der Waals surface area contributed by atoms with E-state index in [1.54, 1.807) is 36.3 Å². The van der Waals surface area contributed by atoms with Crippen molar-refractivity contribution in [1.82, 2.24) is 9.80 Å². The fourth-order valence-corrected chi connectivity index (χ4v) is 4.22. The van der Waals surface area contributed by atoms with Gasteiger partial charge in [0, 0.05) is 31.7 Å². The average Bonchev–Trinajstić information content (AvgIpc) is 2.89. The van der Waals surface area contributed by atoms with Gasteiger partial charge in [-0.15, -0.1) is 0 Å². The summed E-state index contributed by atoms with van der Waals surface area (Å²) in [5.74, 6) is 0.781. The van der Waals surface area contributed by atoms with Crippen molar-refractivity contribution < 1.29 is 28.6 Å². The molecule has 0 radical (unpaired) electrons. The van der Waals surface area contributed by atoms with Crippen molar-refractivity contribution in [3.63, 3.8) is 0 Å². The van der Waals surface area contributed by atoms with Gasteiger partial charge < -0.3 is 24.0 Å². The average molecular weight is 482 g/mol. The molecule has 2 heterocycles. The van der Waals surface area contributed by atoms with E-state index in [9.17, 15) is 14.4 Å². The van der Waals surface area contributed by atoms with Gasteiger partial charge in [-0.3, -0.25) is 19.3 Å². The number of anilines is 1. The Morgan fingerprint density at radius 2 is 1.80 bits per heavy atom. The first kappa shape index (κ1) is 24.5. The van der Waals surface area contributed by atoms with Gasteiger partial charge in [0.1, 0.15) is 12.3 Å². The van der Waals surface area contributed by atoms with Crippen LogP contribution in [-0.2, 0) is 9.59 Å². The molecule has 4 rings (SSSR count). The zero-order chi connectivity index (χ0) is 24.9. The second-order valence-corrected chi connectivity index (χ2v) is 8.63. The molecule has 2 aliphatic rings. The first-order valence-corrected chi connectivity index (χ1v) is 11.8. The number of carbonyl (C=O) groups is 3. The molecule has 186 valence electrons. The number of aryl methyl sites for hydroxylation is 1. The Balaban J connectivity index is 1.46. The number of hydrogen-bond acceptors (Lipinski definition) is 7. The normalized spacial score (nSPS) is 15.9. The molecule has 0 aliphatic carbocycles. The largest absolute Gasteiger partial charge is 0.493 e. The van der Waals surface area contributed by atoms with Crippen LogP contribution in [0.4, 0.5) is 5.69 Å². The van der Waals surface area contributed by atoms with E-state index in [-0.39, 0.29) is 37.4 Å². The van der Waals surface area contributed by atoms with E-state index in [0.717, 1.165) is 25.2 Å². The summed E-state index contributed by atoms with van der Waals surface area (Å²) < 4.78 is 16.6. The summed E-state index contributed by atoms with van der Waals surface area (Å²) in [4.78, 5) is 44.0. The number of piperazine rings is 1. The quantitative estimate of drug-likeness (QED) is 0.534. The fraction of sp³-hybridized carbons (Fsp3) is 0.423. The molecule has 2 aromatic rings. The topological polar surface area (TPSA) is 88.6 Å². The Bertz CT molecular complexity index is 1110. The van der Waals surface area contributed by atoms with Gasteiger partial charge in [-0.25, -0.2) is 0 Å². The Kier molecular flexibility index (Phi) is 7.55. The van der Waals surface area contributed by atoms with Crippen molar-refractivity contribution in [2.45, 2.75) is 13.8 Å². The summed E-state index contributed by atoms with van der Waals surface area (Å²) in [7, 11) is 1.55. The molecule has 0 N–H and O–H groups in total. The molecule has 9 heteroatoms. The second-order valence-electron chi connectivity index (χ2n) is 8.63. The summed E-state index contributed by atoms with van der Waals surface area (Å²) in [6.45, 7) is 7.47. The monoisotopic (exact) mass is 481 g/mol. The van der Waals surface area contributed by atoms with Gasteiger partial charge in [0.2, 0.25) is 5.91 Å². The SMILES string of the molecule is CCN1CCN(C(=O)CN2C(=O)COc3ccc(C(=O)COc4ccc(C)cc4OC)cc32)CC1. The lowest BCUT2D eigenvalue weighted by atomic mass is 10.1. The van der Waals surface area contributed by atoms with E-state index < -0.39 is 0 Å². The number of Topliss-reactive ketones (excluding diaryl/α,β-unsaturated/α-hetero) is 1. The maximum atomic E-state index is 13.0. The Morgan fingerprint density at radius 1 is 1.03 bits per heavy atom. The minimum Gasteiger partial charge on any atom is -0.493 e. The van der Waals surface area contributed by atoms with Crippen LogP contribution in [0.25, 0.3) is 0 Å². The van der Waals surface area contributed by atoms with Crippen LogP contribution in [0.1, 0.15) is 22.8 Å². The number of ketones is 1. The van der Waals surface area contributed by atoms with Crippen LogP contribution < -0.4 is 19.1 Å². The maximum Gasteiger partial charge on any atom is 0.265 e. The van der Waals surface area contributed by atoms with Crippen molar-refractivity contribution >= 4 is 23.3 Å². The molecule has 1 fully saturated rings. The van der Waals surface area contributed by atoms with Gasteiger partial charge in [-0.05, 0) is 49.4 Å². The summed E-state index contributed by atoms with van der Waals surface area (Å²) in [5.41, 5.74) is 1.80. The van der Waals surface area contributed by atoms with Crippen LogP contribution in [0.3, 0.4) is 0 Å². The van der Waals surface area contributed by atoms with Gasteiger partial charge in [0.05, 0.1) is 12.8 Å². The summed E-state index contributed by atoms with van der Waals surface area (Å²) in [5, 5.41) is 0. The predicted octanol–water partition coefficient (Wildman–Crippen LogP) is 2.15. The third-order valence-electron chi connectivity index (χ3n) is 6.37. The number of methoxy groups -OCH3 is 1. The minimum atomic E-state index is -0.316. The smallest absolute Gasteiger partial charge is 0.265 e. The number of nitrogens with zero attached hydrogens (tertiary/aromatic N) is 3. The lowest BCUT2D eigenvalue weighted by Gasteiger charge is -2.36. The Hall–Kier alpha value is -3.59. The van der Waals surface area contributed by atoms with Crippen molar-refractivity contribution in [3.05, 3.63) is 47.5 Å². The van der Waals surface area contributed by atoms with E-state index in [0.29, 0.717) is 41.6 Å². The third kappa shape index (κ3) is 5.57. The van der Waals surface area contributed by atoms with E-state index in [2.05, 4.69) is 11.8 Å². The lowest BCUT2D eigenvalue weighted by molar-refractivity contribution is -0.133. The first-order chi connectivity index (χ1) is 16.9. The highest BCUT2D eigenvalue weighted by atomic mass is 16.5. The van der Waals surface area contributed by atoms with E-state index in [4.69, 9.17) is 14.2 Å². The van der Waals surface area contributed by atoms with Crippen molar-refractivity contribution in [2.75, 3.05) is 64.5 Å². The zero-order valence-electron chi connectivity index (χ0n) is 20.4. The molecule has 2 amide bonds. The standard InChI is InChI=1S/C26H31N3O6/c1-4-27-9-11-28(12-10-27)25(31)15-29-20-14-19(6-8-22(20)35-17-26(29)32)21(30)16-34-23-7-5-18(2)13-24(23)33-3/h5-8,13-14H,4,9-12,15-17H2,1-3H3. The summed E-state index contributed by atoms with van der Waals surface area (Å²) >= 11 is 0. The van der Waals surface area contributed by atoms with Gasteiger partial charge in [0.15, 0.2) is 30.5 Å². The lowest BCUT2D eigenvalue weighted by Crippen LogP contribution is -2.52. The van der Waals surface area contributed by atoms with Gasteiger partial charge in [-0.2, -0.15) is 0 Å². The van der Waals surface area contributed by atoms with Crippen LogP contribution in [0.2, 0.25) is 0 Å². The van der Waals surface area contributed by atoms with Crippen molar-refractivity contribution in [2.24, 2.45) is 0 Å². The number of benzene rings is 2. The van der Waals surface area contributed by atoms with Crippen LogP contribution in [0.5, 0.6) is 17.2 Å². The number of amides is 2. The number of carbonyl (C=O) groups excluding carboxylic acids is 3. The molecule has 35 heavy (non-hydrogen) atoms. The van der Waals surface area contributed by atoms with Gasteiger partial charge in [-0.1, -0.05) is 13.0 Å². The van der Waals surface area contributed by atoms with E-state index in [1.807, 2.05) is 19.1 Å². The van der Waals surface area contributed by atoms with E-state index >= 15 is 0 Å². The van der Waals surface area contributed by atoms with Crippen molar-refractivity contribution in [3.8, 4) is 17.2 Å². The number of hydrogen-bond donors (Lipinski definition) is 0. The Labute approximate surface area is 205 Å². The van der Waals surface area contributed by atoms with Crippen LogP contribution in [0.15, 0.2) is 36.4 Å². The molecular weight excluding hydrogens is 450 g/mol. The highest BCUT2D eigenvalue weighted by Crippen LogP contribution is 2.33. The number of ether oxygens (including phenoxy) is 3. The van der Waals surface area contributed by atoms with Crippen LogP contribution in [0, 0.1) is 6.92 Å². The number of likely N-dealkylation sites (N-methyl/N-ethyl adjacent to an activating group) is 1. The Morgan fingerprint density at radius 3 is 2.51 bits per heavy atom. The van der Waals surface area contributed by atoms with Gasteiger partial charge in [0.25, 0.3) is 5.91 Å². The molecular formula is C26H31N3O6. The van der Waals surface area contributed by atoms with Crippen LogP contribution >= 0.6 is 0 Å². The highest BCUT2D eigenvalue weighted by molar-refractivity contribution is 6.04. The molecule has 1 saturated heterocycles. The highest BCUT2D eigenvalue weighted by Gasteiger charge is 2.30. The maximum absolute atomic E-state index is 13.0. The zero-order valence-corrected chi connectivity index (χ0v) is 20.4. The van der Waals surface area contributed by atoms with Crippen LogP contribution in [-0.4, -0.2) is 87.0 Å². The minimum absolute atomic E-state index is 0.0873. The molecule has 0 saturated carbocycles. The molecule has 9 nitrogen and oxygen atoms in total. The summed E-state index contributed by atoms with van der Waals surface area (Å²) in [6.07, 6.45) is 0. The molecule has 0 unspecified atom stereocenters. The van der Waals surface area contributed by atoms with Gasteiger partial charge >= 0.3 is 0 Å². The molecule has 2 aromatic carbocycles. The third-order valence-corrected chi connectivity index (χ3v) is 6.37. The number of fused-ring (bicyclic) bond motifs is 1. The number of rotatable bonds is 8. The molecule has 0 bridgehead atoms. The predicted molar refractivity (Wildman–Crippen MR) is 131 cm³/mol. The molecule has 0 spiro atoms. The van der Waals surface area contributed by atoms with Crippen molar-refractivity contribution in [1.29, 1.82) is 0 Å². The summed E-state index contributed by atoms with van der Waals surface area (Å²) in [6, 6.07) is 10.3. The molecule has 0 atom stereocenters. The fourth-order valence-electron chi connectivity index (χ4n) is 4.22. The first-order valence-electron chi connectivity index (χ1n) is 11.8. The molecule has 2 aliphatic heterocycles. The molecule has 0 aromatic heterocycles.